The summed E-state index contributed by atoms with van der Waals surface area (Å²) in [4.78, 5) is 0. The Balaban J connectivity index is -0.0000000413. The molecular weight excluding hydrogens is 948 g/mol. The summed E-state index contributed by atoms with van der Waals surface area (Å²) in [6, 6.07) is 10.7. The van der Waals surface area contributed by atoms with E-state index in [4.69, 9.17) is 70.5 Å². The van der Waals surface area contributed by atoms with Crippen molar-refractivity contribution in [2.45, 2.75) is 0 Å². The van der Waals surface area contributed by atoms with Crippen molar-refractivity contribution in [1.82, 2.24) is 6.15 Å². The van der Waals surface area contributed by atoms with E-state index in [1.165, 1.54) is 48.6 Å². The van der Waals surface area contributed by atoms with E-state index >= 15 is 0 Å². The average molecular weight is 1000 g/mol. The number of hydrogen-bond donors (Lipinski definition) is 5. The van der Waals surface area contributed by atoms with Crippen LogP contribution in [-0.2, 0) is 50.3 Å². The van der Waals surface area contributed by atoms with Gasteiger partial charge in [-0.05, 0) is 23.5 Å². The van der Waals surface area contributed by atoms with Crippen molar-refractivity contribution in [3.8, 4) is 48.6 Å². The van der Waals surface area contributed by atoms with E-state index in [0.717, 1.165) is 0 Å². The topological polar surface area (TPSA) is 705 Å². The summed E-state index contributed by atoms with van der Waals surface area (Å²) >= 11 is 0. The molecule has 0 aromatic rings. The van der Waals surface area contributed by atoms with Crippen molar-refractivity contribution in [2.75, 3.05) is 79.3 Å². The van der Waals surface area contributed by atoms with E-state index in [9.17, 15) is 20.4 Å². The standard InChI is InChI=1S/C12H24O6.4C4H3N3O.Gd.H3N.7H2O/c1-2-14-5-6-16-9-10-18-12-11-17-8-7-15-4-3-13-1;4*5-1-3(2-6)4(7)8;;;;;;;;;/h1-12H2;4*8H,7H2;;1H3;7*1H2/q;;;;;+3;;;;;;;;/p+1. The first-order chi connectivity index (χ1) is 23.9. The van der Waals surface area contributed by atoms with E-state index in [-0.39, 0.29) is 84.4 Å². The third-order valence-electron chi connectivity index (χ3n) is 4.11. The third-order valence-corrected chi connectivity index (χ3v) is 4.11. The monoisotopic (exact) mass is 1000 g/mol. The average Bonchev–Trinajstić information content (AvgIpc) is 3.07. The number of nitrogens with zero attached hydrogens (tertiary/aromatic N) is 8. The Morgan fingerprint density at radius 3 is 0.441 bits per heavy atom. The van der Waals surface area contributed by atoms with E-state index in [1.54, 1.807) is 0 Å². The minimum absolute atomic E-state index is 0. The fourth-order valence-electron chi connectivity index (χ4n) is 1.86. The van der Waals surface area contributed by atoms with Crippen molar-refractivity contribution in [3.05, 3.63) is 45.8 Å². The van der Waals surface area contributed by atoms with Gasteiger partial charge in [-0.25, -0.2) is 0 Å². The van der Waals surface area contributed by atoms with Gasteiger partial charge in [0.1, 0.15) is 70.8 Å². The summed E-state index contributed by atoms with van der Waals surface area (Å²) in [5.74, 6) is -3.91. The molecule has 1 aliphatic heterocycles. The van der Waals surface area contributed by atoms with Gasteiger partial charge in [0.05, 0.1) is 79.3 Å². The second-order valence-corrected chi connectivity index (χ2v) is 7.53. The molecule has 0 aliphatic carbocycles. The second-order valence-electron chi connectivity index (χ2n) is 7.53. The van der Waals surface area contributed by atoms with Crippen molar-refractivity contribution in [2.24, 2.45) is 22.9 Å². The smallest absolute Gasteiger partial charge is 0.859 e. The molecular formula is C28H54GdN13O17+4. The summed E-state index contributed by atoms with van der Waals surface area (Å²) in [7, 11) is 0. The van der Waals surface area contributed by atoms with Crippen molar-refractivity contribution in [3.63, 3.8) is 0 Å². The molecule has 1 heterocycles. The number of nitrogens with two attached hydrogens (primary N) is 4. The van der Waals surface area contributed by atoms with Gasteiger partial charge in [-0.3, -0.25) is 0 Å². The Labute approximate surface area is 370 Å². The maximum Gasteiger partial charge on any atom is 3.00 e. The molecule has 0 bridgehead atoms. The largest absolute Gasteiger partial charge is 3.00 e. The minimum atomic E-state index is -0.977. The SMILES string of the molecule is C1COCCOCCOCCOCCOCCO1.N#CC(C#N)=C(N)[O-].N#CC(C#N)=C(N)[O-].N#CC(C#N)=C(N)[O-].N#CC(C#N)=C(N)[O-].O.O.O.[Gd+3].[NH4+].[OH3+].[OH3+].[OH3+].[OH3+]. The van der Waals surface area contributed by atoms with E-state index in [0.29, 0.717) is 79.3 Å². The first-order valence-corrected chi connectivity index (χ1v) is 13.2. The van der Waals surface area contributed by atoms with Crippen LogP contribution < -0.4 is 49.5 Å². The van der Waals surface area contributed by atoms with Gasteiger partial charge in [0.2, 0.25) is 0 Å². The number of quaternary nitrogens is 1. The summed E-state index contributed by atoms with van der Waals surface area (Å²) in [5, 5.41) is 103. The molecule has 0 aromatic heterocycles. The number of allylic oxidation sites excluding steroid dienone is 4. The molecule has 30 nitrogen and oxygen atoms in total. The summed E-state index contributed by atoms with van der Waals surface area (Å²) in [6.07, 6.45) is 0. The summed E-state index contributed by atoms with van der Waals surface area (Å²) in [6.45, 7) is 7.04. The Hall–Kier alpha value is -5.96. The predicted molar refractivity (Wildman–Crippen MR) is 191 cm³/mol. The molecule has 59 heavy (non-hydrogen) atoms. The van der Waals surface area contributed by atoms with Gasteiger partial charge >= 0.3 is 39.9 Å². The van der Waals surface area contributed by atoms with Gasteiger partial charge in [0.15, 0.2) is 0 Å². The van der Waals surface area contributed by atoms with Crippen LogP contribution in [0, 0.1) is 131 Å². The van der Waals surface area contributed by atoms with Gasteiger partial charge in [0, 0.05) is 0 Å². The Morgan fingerprint density at radius 2 is 0.407 bits per heavy atom. The molecule has 0 unspecified atom stereocenters. The number of nitriles is 8. The molecule has 31 heteroatoms. The third kappa shape index (κ3) is 67.2. The first-order valence-electron chi connectivity index (χ1n) is 13.2. The quantitative estimate of drug-likeness (QED) is 0.0854. The van der Waals surface area contributed by atoms with Gasteiger partial charge in [-0.15, -0.1) is 0 Å². The normalized spacial score (nSPS) is 10.7. The zero-order valence-corrected chi connectivity index (χ0v) is 33.9. The molecule has 0 saturated carbocycles. The zero-order valence-electron chi connectivity index (χ0n) is 31.6. The van der Waals surface area contributed by atoms with Gasteiger partial charge < -0.3 is 116 Å². The maximum atomic E-state index is 9.90. The Bertz CT molecular complexity index is 1140. The zero-order chi connectivity index (χ0) is 39.0. The second kappa shape index (κ2) is 69.9. The molecule has 0 spiro atoms. The van der Waals surface area contributed by atoms with Crippen LogP contribution in [0.25, 0.3) is 0 Å². The Kier molecular flexibility index (Phi) is 106. The van der Waals surface area contributed by atoms with Gasteiger partial charge in [0.25, 0.3) is 0 Å². The molecule has 1 radical (unpaired) electrons. The molecule has 337 valence electrons. The minimum Gasteiger partial charge on any atom is -0.859 e. The van der Waals surface area contributed by atoms with E-state index < -0.39 is 45.8 Å². The van der Waals surface area contributed by atoms with Crippen LogP contribution in [0.15, 0.2) is 45.8 Å². The van der Waals surface area contributed by atoms with Crippen molar-refractivity contribution >= 4 is 0 Å². The van der Waals surface area contributed by atoms with Crippen LogP contribution in [0.2, 0.25) is 0 Å². The van der Waals surface area contributed by atoms with Crippen LogP contribution in [0.3, 0.4) is 0 Å². The van der Waals surface area contributed by atoms with Crippen LogP contribution in [0.5, 0.6) is 0 Å². The summed E-state index contributed by atoms with van der Waals surface area (Å²) < 4.78 is 32.0. The van der Waals surface area contributed by atoms with Crippen LogP contribution in [0.4, 0.5) is 0 Å². The molecule has 30 N–H and O–H groups in total. The fraction of sp³-hybridized carbons (Fsp3) is 0.429. The van der Waals surface area contributed by atoms with Crippen LogP contribution in [0.1, 0.15) is 0 Å². The maximum absolute atomic E-state index is 9.90. The molecule has 0 aromatic carbocycles. The van der Waals surface area contributed by atoms with Gasteiger partial charge in [-0.1, -0.05) is 0 Å². The van der Waals surface area contributed by atoms with E-state index in [1.807, 2.05) is 0 Å². The number of ether oxygens (including phenoxy) is 6. The molecule has 0 amide bonds. The summed E-state index contributed by atoms with van der Waals surface area (Å²) in [5.41, 5.74) is 15.9. The molecule has 1 saturated heterocycles. The van der Waals surface area contributed by atoms with E-state index in [2.05, 4.69) is 22.9 Å². The van der Waals surface area contributed by atoms with Crippen LogP contribution >= 0.6 is 0 Å². The first kappa shape index (κ1) is 89.6. The van der Waals surface area contributed by atoms with Crippen molar-refractivity contribution in [1.29, 1.82) is 42.1 Å². The molecule has 1 rings (SSSR count). The predicted octanol–water partition coefficient (Wildman–Crippen LogP) is -11.4. The molecule has 0 atom stereocenters. The van der Waals surface area contributed by atoms with Crippen molar-refractivity contribution < 1.29 is 127 Å². The fourth-order valence-corrected chi connectivity index (χ4v) is 1.86. The van der Waals surface area contributed by atoms with Gasteiger partial charge in [-0.2, -0.15) is 42.1 Å². The molecule has 1 aliphatic rings. The van der Waals surface area contributed by atoms with Crippen LogP contribution in [-0.4, -0.2) is 95.7 Å². The number of hydrogen-bond acceptors (Lipinski definition) is 22. The molecule has 1 fully saturated rings. The number of rotatable bonds is 0. The Morgan fingerprint density at radius 1 is 0.322 bits per heavy atom.